The van der Waals surface area contributed by atoms with Crippen LogP contribution in [-0.2, 0) is 4.79 Å². The van der Waals surface area contributed by atoms with Gasteiger partial charge >= 0.3 is 5.97 Å². The first kappa shape index (κ1) is 11.5. The molecule has 0 fully saturated rings. The third kappa shape index (κ3) is 5.00. The Morgan fingerprint density at radius 1 is 1.40 bits per heavy atom. The fourth-order valence-corrected chi connectivity index (χ4v) is 1.23. The molecule has 0 saturated heterocycles. The fraction of sp³-hybridized carbons (Fsp3) is 0.364. The Bertz CT molecular complexity index is 328. The molecule has 82 valence electrons. The van der Waals surface area contributed by atoms with Crippen LogP contribution in [-0.4, -0.2) is 17.6 Å². The molecule has 15 heavy (non-hydrogen) atoms. The highest BCUT2D eigenvalue weighted by Gasteiger charge is 1.97. The lowest BCUT2D eigenvalue weighted by molar-refractivity contribution is -0.137. The van der Waals surface area contributed by atoms with E-state index < -0.39 is 5.97 Å². The highest BCUT2D eigenvalue weighted by molar-refractivity contribution is 5.66. The van der Waals surface area contributed by atoms with Crippen LogP contribution in [0, 0.1) is 5.82 Å². The summed E-state index contributed by atoms with van der Waals surface area (Å²) in [4.78, 5) is 10.2. The summed E-state index contributed by atoms with van der Waals surface area (Å²) in [6.07, 6.45) is 1.59. The van der Waals surface area contributed by atoms with Crippen LogP contribution >= 0.6 is 0 Å². The number of hydrogen-bond acceptors (Lipinski definition) is 2. The van der Waals surface area contributed by atoms with Crippen molar-refractivity contribution in [3.63, 3.8) is 0 Å². The second-order valence-corrected chi connectivity index (χ2v) is 3.29. The molecule has 0 radical (unpaired) electrons. The van der Waals surface area contributed by atoms with E-state index in [-0.39, 0.29) is 12.2 Å². The van der Waals surface area contributed by atoms with Crippen molar-refractivity contribution in [2.45, 2.75) is 19.3 Å². The van der Waals surface area contributed by atoms with Gasteiger partial charge in [0, 0.05) is 18.7 Å². The Labute approximate surface area is 87.9 Å². The summed E-state index contributed by atoms with van der Waals surface area (Å²) in [5.41, 5.74) is 0.727. The topological polar surface area (TPSA) is 49.3 Å². The van der Waals surface area contributed by atoms with Crippen LogP contribution < -0.4 is 5.32 Å². The van der Waals surface area contributed by atoms with Gasteiger partial charge in [0.2, 0.25) is 0 Å². The molecular weight excluding hydrogens is 197 g/mol. The molecule has 0 unspecified atom stereocenters. The molecule has 0 spiro atoms. The summed E-state index contributed by atoms with van der Waals surface area (Å²) >= 11 is 0. The van der Waals surface area contributed by atoms with Crippen LogP contribution in [0.3, 0.4) is 0 Å². The van der Waals surface area contributed by atoms with E-state index in [9.17, 15) is 9.18 Å². The van der Waals surface area contributed by atoms with E-state index in [0.717, 1.165) is 12.1 Å². The Morgan fingerprint density at radius 3 is 2.87 bits per heavy atom. The van der Waals surface area contributed by atoms with Gasteiger partial charge in [-0.05, 0) is 31.0 Å². The van der Waals surface area contributed by atoms with E-state index in [4.69, 9.17) is 5.11 Å². The Morgan fingerprint density at radius 2 is 2.20 bits per heavy atom. The first-order valence-electron chi connectivity index (χ1n) is 4.90. The van der Waals surface area contributed by atoms with Crippen LogP contribution in [0.4, 0.5) is 10.1 Å². The normalized spacial score (nSPS) is 9.93. The summed E-state index contributed by atoms with van der Waals surface area (Å²) in [6, 6.07) is 6.21. The minimum Gasteiger partial charge on any atom is -0.481 e. The largest absolute Gasteiger partial charge is 0.481 e. The molecule has 0 bridgehead atoms. The number of anilines is 1. The van der Waals surface area contributed by atoms with Gasteiger partial charge in [0.1, 0.15) is 5.82 Å². The number of carbonyl (C=O) groups is 1. The zero-order valence-electron chi connectivity index (χ0n) is 8.37. The van der Waals surface area contributed by atoms with Crippen molar-refractivity contribution < 1.29 is 14.3 Å². The quantitative estimate of drug-likeness (QED) is 0.711. The number of unbranched alkanes of at least 4 members (excludes halogenated alkanes) is 1. The molecule has 0 amide bonds. The van der Waals surface area contributed by atoms with Gasteiger partial charge in [-0.25, -0.2) is 4.39 Å². The minimum absolute atomic E-state index is 0.185. The first-order chi connectivity index (χ1) is 7.18. The van der Waals surface area contributed by atoms with E-state index in [0.29, 0.717) is 13.0 Å². The monoisotopic (exact) mass is 211 g/mol. The van der Waals surface area contributed by atoms with Crippen LogP contribution in [0.5, 0.6) is 0 Å². The van der Waals surface area contributed by atoms with Gasteiger partial charge in [0.05, 0.1) is 0 Å². The zero-order valence-corrected chi connectivity index (χ0v) is 8.37. The standard InChI is InChI=1S/C11H14FNO2/c12-9-4-3-5-10(8-9)13-7-2-1-6-11(14)15/h3-5,8,13H,1-2,6-7H2,(H,14,15). The third-order valence-electron chi connectivity index (χ3n) is 1.97. The van der Waals surface area contributed by atoms with Gasteiger partial charge in [-0.3, -0.25) is 4.79 Å². The summed E-state index contributed by atoms with van der Waals surface area (Å²) in [5.74, 6) is -1.05. The van der Waals surface area contributed by atoms with Crippen molar-refractivity contribution in [1.82, 2.24) is 0 Å². The molecule has 1 aromatic carbocycles. The molecule has 1 aromatic rings. The summed E-state index contributed by atoms with van der Waals surface area (Å²) in [7, 11) is 0. The molecule has 0 atom stereocenters. The number of aliphatic carboxylic acids is 1. The molecule has 0 aliphatic heterocycles. The van der Waals surface area contributed by atoms with Gasteiger partial charge < -0.3 is 10.4 Å². The van der Waals surface area contributed by atoms with Crippen LogP contribution in [0.25, 0.3) is 0 Å². The van der Waals surface area contributed by atoms with E-state index in [1.54, 1.807) is 12.1 Å². The number of carboxylic acids is 1. The number of benzene rings is 1. The molecule has 0 aliphatic rings. The molecular formula is C11H14FNO2. The molecule has 4 heteroatoms. The number of halogens is 1. The van der Waals surface area contributed by atoms with Crippen molar-refractivity contribution in [2.75, 3.05) is 11.9 Å². The highest BCUT2D eigenvalue weighted by Crippen LogP contribution is 2.09. The average Bonchev–Trinajstić information content (AvgIpc) is 2.17. The van der Waals surface area contributed by atoms with Crippen LogP contribution in [0.2, 0.25) is 0 Å². The second-order valence-electron chi connectivity index (χ2n) is 3.29. The molecule has 3 nitrogen and oxygen atoms in total. The van der Waals surface area contributed by atoms with E-state index in [1.165, 1.54) is 12.1 Å². The minimum atomic E-state index is -0.777. The van der Waals surface area contributed by atoms with Gasteiger partial charge in [0.25, 0.3) is 0 Å². The summed E-state index contributed by atoms with van der Waals surface area (Å²) in [6.45, 7) is 0.663. The van der Waals surface area contributed by atoms with Gasteiger partial charge in [0.15, 0.2) is 0 Å². The molecule has 0 heterocycles. The molecule has 0 aromatic heterocycles. The van der Waals surface area contributed by atoms with Crippen molar-refractivity contribution in [3.05, 3.63) is 30.1 Å². The second kappa shape index (κ2) is 6.01. The maximum absolute atomic E-state index is 12.7. The average molecular weight is 211 g/mol. The maximum atomic E-state index is 12.7. The lowest BCUT2D eigenvalue weighted by atomic mass is 10.2. The summed E-state index contributed by atoms with van der Waals surface area (Å²) < 4.78 is 12.7. The predicted octanol–water partition coefficient (Wildman–Crippen LogP) is 2.49. The molecule has 0 aliphatic carbocycles. The highest BCUT2D eigenvalue weighted by atomic mass is 19.1. The SMILES string of the molecule is O=C(O)CCCCNc1cccc(F)c1. The lowest BCUT2D eigenvalue weighted by Crippen LogP contribution is -2.03. The molecule has 0 saturated carbocycles. The third-order valence-corrected chi connectivity index (χ3v) is 1.97. The van der Waals surface area contributed by atoms with E-state index in [1.807, 2.05) is 0 Å². The van der Waals surface area contributed by atoms with Gasteiger partial charge in [-0.2, -0.15) is 0 Å². The maximum Gasteiger partial charge on any atom is 0.303 e. The van der Waals surface area contributed by atoms with Crippen molar-refractivity contribution in [1.29, 1.82) is 0 Å². The van der Waals surface area contributed by atoms with E-state index in [2.05, 4.69) is 5.32 Å². The lowest BCUT2D eigenvalue weighted by Gasteiger charge is -2.05. The van der Waals surface area contributed by atoms with Gasteiger partial charge in [-0.1, -0.05) is 6.07 Å². The number of carboxylic acid groups (broad SMARTS) is 1. The number of nitrogens with one attached hydrogen (secondary N) is 1. The van der Waals surface area contributed by atoms with E-state index >= 15 is 0 Å². The van der Waals surface area contributed by atoms with Crippen LogP contribution in [0.1, 0.15) is 19.3 Å². The molecule has 1 rings (SSSR count). The predicted molar refractivity (Wildman–Crippen MR) is 56.4 cm³/mol. The zero-order chi connectivity index (χ0) is 11.1. The first-order valence-corrected chi connectivity index (χ1v) is 4.90. The Kier molecular flexibility index (Phi) is 4.60. The molecule has 2 N–H and O–H groups in total. The van der Waals surface area contributed by atoms with Crippen LogP contribution in [0.15, 0.2) is 24.3 Å². The summed E-state index contributed by atoms with van der Waals surface area (Å²) in [5, 5.41) is 11.4. The van der Waals surface area contributed by atoms with Gasteiger partial charge in [-0.15, -0.1) is 0 Å². The Balaban J connectivity index is 2.17. The smallest absolute Gasteiger partial charge is 0.303 e. The van der Waals surface area contributed by atoms with Crippen molar-refractivity contribution >= 4 is 11.7 Å². The Hall–Kier alpha value is -1.58. The number of hydrogen-bond donors (Lipinski definition) is 2. The number of rotatable bonds is 6. The fourth-order valence-electron chi connectivity index (χ4n) is 1.23. The van der Waals surface area contributed by atoms with Crippen molar-refractivity contribution in [2.24, 2.45) is 0 Å². The van der Waals surface area contributed by atoms with Crippen molar-refractivity contribution in [3.8, 4) is 0 Å².